The third-order valence-electron chi connectivity index (χ3n) is 3.82. The fourth-order valence-electron chi connectivity index (χ4n) is 2.63. The summed E-state index contributed by atoms with van der Waals surface area (Å²) in [6, 6.07) is 1.69. The maximum absolute atomic E-state index is 11.4. The molecule has 1 aromatic heterocycles. The Morgan fingerprint density at radius 3 is 2.89 bits per heavy atom. The number of aromatic nitrogens is 1. The monoisotopic (exact) mass is 247 g/mol. The third kappa shape index (κ3) is 2.07. The lowest BCUT2D eigenvalue weighted by Gasteiger charge is -2.26. The molecule has 96 valence electrons. The maximum atomic E-state index is 11.4. The lowest BCUT2D eigenvalue weighted by atomic mass is 9.89. The molecule has 1 fully saturated rings. The molecule has 3 rings (SSSR count). The Balaban J connectivity index is 1.76. The minimum Gasteiger partial charge on any atom is -0.474 e. The van der Waals surface area contributed by atoms with E-state index in [0.717, 1.165) is 24.3 Å². The second kappa shape index (κ2) is 4.59. The summed E-state index contributed by atoms with van der Waals surface area (Å²) in [7, 11) is 0. The van der Waals surface area contributed by atoms with Crippen LogP contribution in [0.25, 0.3) is 0 Å². The summed E-state index contributed by atoms with van der Waals surface area (Å²) in [5.41, 5.74) is 1.41. The van der Waals surface area contributed by atoms with Gasteiger partial charge in [0.25, 0.3) is 0 Å². The number of esters is 1. The predicted octanol–water partition coefficient (Wildman–Crippen LogP) is 2.71. The van der Waals surface area contributed by atoms with Crippen LogP contribution in [0.3, 0.4) is 0 Å². The van der Waals surface area contributed by atoms with E-state index in [9.17, 15) is 4.79 Å². The number of cyclic esters (lactones) is 1. The number of hydrogen-bond donors (Lipinski definition) is 0. The summed E-state index contributed by atoms with van der Waals surface area (Å²) in [5, 5.41) is 0. The number of nitrogens with zero attached hydrogens (tertiary/aromatic N) is 1. The number of ether oxygens (including phenoxy) is 2. The average Bonchev–Trinajstić information content (AvgIpc) is 2.76. The molecule has 4 nitrogen and oxygen atoms in total. The molecular formula is C14H17NO3. The molecule has 0 atom stereocenters. The van der Waals surface area contributed by atoms with Gasteiger partial charge in [0.05, 0.1) is 11.1 Å². The molecular weight excluding hydrogens is 230 g/mol. The lowest BCUT2D eigenvalue weighted by Crippen LogP contribution is -2.24. The Hall–Kier alpha value is -1.58. The molecule has 0 N–H and O–H groups in total. The summed E-state index contributed by atoms with van der Waals surface area (Å²) < 4.78 is 11.0. The molecule has 1 aliphatic carbocycles. The summed E-state index contributed by atoms with van der Waals surface area (Å²) in [5.74, 6) is 1.11. The van der Waals surface area contributed by atoms with Gasteiger partial charge in [0.2, 0.25) is 5.88 Å². The molecule has 1 saturated carbocycles. The number of hydrogen-bond acceptors (Lipinski definition) is 4. The largest absolute Gasteiger partial charge is 0.474 e. The first-order valence-electron chi connectivity index (χ1n) is 6.55. The third-order valence-corrected chi connectivity index (χ3v) is 3.82. The second-order valence-electron chi connectivity index (χ2n) is 5.22. The van der Waals surface area contributed by atoms with Crippen molar-refractivity contribution in [2.75, 3.05) is 0 Å². The summed E-state index contributed by atoms with van der Waals surface area (Å²) >= 11 is 0. The van der Waals surface area contributed by atoms with E-state index < -0.39 is 0 Å². The Labute approximate surface area is 106 Å². The highest BCUT2D eigenvalue weighted by Crippen LogP contribution is 2.31. The van der Waals surface area contributed by atoms with Crippen molar-refractivity contribution in [1.29, 1.82) is 0 Å². The van der Waals surface area contributed by atoms with Crippen molar-refractivity contribution >= 4 is 5.97 Å². The Morgan fingerprint density at radius 2 is 2.11 bits per heavy atom. The number of carbonyl (C=O) groups is 1. The molecule has 1 aliphatic heterocycles. The molecule has 0 amide bonds. The first-order chi connectivity index (χ1) is 8.74. The van der Waals surface area contributed by atoms with E-state index in [1.165, 1.54) is 12.8 Å². The van der Waals surface area contributed by atoms with E-state index in [-0.39, 0.29) is 12.1 Å². The van der Waals surface area contributed by atoms with Gasteiger partial charge in [-0.2, -0.15) is 0 Å². The topological polar surface area (TPSA) is 48.4 Å². The summed E-state index contributed by atoms with van der Waals surface area (Å²) in [4.78, 5) is 15.7. The molecule has 0 radical (unpaired) electrons. The van der Waals surface area contributed by atoms with Gasteiger partial charge >= 0.3 is 5.97 Å². The molecule has 0 aromatic carbocycles. The highest BCUT2D eigenvalue weighted by Gasteiger charge is 2.27. The molecule has 0 spiro atoms. The van der Waals surface area contributed by atoms with Crippen LogP contribution in [-0.2, 0) is 11.3 Å². The van der Waals surface area contributed by atoms with Gasteiger partial charge < -0.3 is 9.47 Å². The van der Waals surface area contributed by atoms with E-state index in [2.05, 4.69) is 11.9 Å². The number of rotatable bonds is 2. The number of pyridine rings is 1. The van der Waals surface area contributed by atoms with Gasteiger partial charge in [-0.05, 0) is 37.7 Å². The smallest absolute Gasteiger partial charge is 0.339 e. The first-order valence-corrected chi connectivity index (χ1v) is 6.55. The first kappa shape index (κ1) is 11.5. The highest BCUT2D eigenvalue weighted by molar-refractivity contribution is 5.93. The van der Waals surface area contributed by atoms with Gasteiger partial charge in [-0.15, -0.1) is 0 Å². The second-order valence-corrected chi connectivity index (χ2v) is 5.22. The molecule has 0 unspecified atom stereocenters. The van der Waals surface area contributed by atoms with Crippen molar-refractivity contribution in [1.82, 2.24) is 4.98 Å². The molecule has 0 saturated heterocycles. The Kier molecular flexibility index (Phi) is 2.94. The van der Waals surface area contributed by atoms with Crippen molar-refractivity contribution in [3.63, 3.8) is 0 Å². The quantitative estimate of drug-likeness (QED) is 0.754. The van der Waals surface area contributed by atoms with Crippen molar-refractivity contribution in [3.05, 3.63) is 23.4 Å². The Bertz CT molecular complexity index is 464. The normalized spacial score (nSPS) is 26.6. The van der Waals surface area contributed by atoms with Crippen LogP contribution in [0.2, 0.25) is 0 Å². The lowest BCUT2D eigenvalue weighted by molar-refractivity contribution is 0.0532. The minimum atomic E-state index is -0.269. The van der Waals surface area contributed by atoms with E-state index in [1.807, 2.05) is 0 Å². The van der Waals surface area contributed by atoms with E-state index in [1.54, 1.807) is 12.3 Å². The fraction of sp³-hybridized carbons (Fsp3) is 0.571. The number of fused-ring (bicyclic) bond motifs is 1. The van der Waals surface area contributed by atoms with Crippen molar-refractivity contribution in [3.8, 4) is 5.88 Å². The van der Waals surface area contributed by atoms with Crippen molar-refractivity contribution < 1.29 is 14.3 Å². The van der Waals surface area contributed by atoms with Gasteiger partial charge in [-0.3, -0.25) is 0 Å². The van der Waals surface area contributed by atoms with Crippen LogP contribution in [-0.4, -0.2) is 17.1 Å². The zero-order chi connectivity index (χ0) is 12.5. The SMILES string of the molecule is CC1CCC(Oc2nccc3c2COC3=O)CC1. The van der Waals surface area contributed by atoms with Crippen LogP contribution in [0.15, 0.2) is 12.3 Å². The van der Waals surface area contributed by atoms with Crippen LogP contribution < -0.4 is 4.74 Å². The molecule has 2 aliphatic rings. The van der Waals surface area contributed by atoms with Crippen LogP contribution in [0.4, 0.5) is 0 Å². The minimum absolute atomic E-state index is 0.232. The standard InChI is InChI=1S/C14H17NO3/c1-9-2-4-10(5-3-9)18-13-12-8-17-14(16)11(12)6-7-15-13/h6-7,9-10H,2-5,8H2,1H3. The maximum Gasteiger partial charge on any atom is 0.339 e. The van der Waals surface area contributed by atoms with Gasteiger partial charge in [0.1, 0.15) is 12.7 Å². The van der Waals surface area contributed by atoms with Gasteiger partial charge in [0, 0.05) is 6.20 Å². The van der Waals surface area contributed by atoms with E-state index in [0.29, 0.717) is 18.1 Å². The molecule has 2 heterocycles. The van der Waals surface area contributed by atoms with Gasteiger partial charge in [-0.1, -0.05) is 6.92 Å². The highest BCUT2D eigenvalue weighted by atomic mass is 16.5. The van der Waals surface area contributed by atoms with Crippen LogP contribution in [0.5, 0.6) is 5.88 Å². The summed E-state index contributed by atoms with van der Waals surface area (Å²) in [6.45, 7) is 2.57. The zero-order valence-corrected chi connectivity index (χ0v) is 10.5. The van der Waals surface area contributed by atoms with Crippen LogP contribution in [0.1, 0.15) is 48.5 Å². The van der Waals surface area contributed by atoms with E-state index >= 15 is 0 Å². The van der Waals surface area contributed by atoms with Crippen molar-refractivity contribution in [2.45, 2.75) is 45.3 Å². The fourth-order valence-corrected chi connectivity index (χ4v) is 2.63. The zero-order valence-electron chi connectivity index (χ0n) is 10.5. The average molecular weight is 247 g/mol. The summed E-state index contributed by atoms with van der Waals surface area (Å²) in [6.07, 6.45) is 6.40. The molecule has 18 heavy (non-hydrogen) atoms. The van der Waals surface area contributed by atoms with Crippen LogP contribution in [0, 0.1) is 5.92 Å². The van der Waals surface area contributed by atoms with Gasteiger partial charge in [0.15, 0.2) is 0 Å². The molecule has 0 bridgehead atoms. The Morgan fingerprint density at radius 1 is 1.33 bits per heavy atom. The van der Waals surface area contributed by atoms with Crippen molar-refractivity contribution in [2.24, 2.45) is 5.92 Å². The van der Waals surface area contributed by atoms with Gasteiger partial charge in [-0.25, -0.2) is 9.78 Å². The number of carbonyl (C=O) groups excluding carboxylic acids is 1. The van der Waals surface area contributed by atoms with E-state index in [4.69, 9.17) is 9.47 Å². The molecule has 1 aromatic rings. The van der Waals surface area contributed by atoms with Crippen LogP contribution >= 0.6 is 0 Å². The predicted molar refractivity (Wildman–Crippen MR) is 65.4 cm³/mol. The molecule has 4 heteroatoms.